The third-order valence-corrected chi connectivity index (χ3v) is 4.99. The first-order valence-corrected chi connectivity index (χ1v) is 8.96. The van der Waals surface area contributed by atoms with Gasteiger partial charge in [0.15, 0.2) is 17.6 Å². The van der Waals surface area contributed by atoms with Gasteiger partial charge in [-0.05, 0) is 55.5 Å². The highest BCUT2D eigenvalue weighted by Gasteiger charge is 2.28. The van der Waals surface area contributed by atoms with Crippen molar-refractivity contribution in [1.82, 2.24) is 9.88 Å². The van der Waals surface area contributed by atoms with Gasteiger partial charge < -0.3 is 19.1 Å². The van der Waals surface area contributed by atoms with Gasteiger partial charge >= 0.3 is 0 Å². The number of ether oxygens (including phenoxy) is 3. The number of nitrogens with zero attached hydrogens (tertiary/aromatic N) is 2. The van der Waals surface area contributed by atoms with Crippen LogP contribution in [0.4, 0.5) is 0 Å². The van der Waals surface area contributed by atoms with E-state index >= 15 is 0 Å². The molecule has 136 valence electrons. The smallest absolute Gasteiger partial charge is 0.263 e. The first-order chi connectivity index (χ1) is 12.7. The molecular formula is C20H22N2O4. The number of amides is 1. The lowest BCUT2D eigenvalue weighted by Crippen LogP contribution is -2.44. The Kier molecular flexibility index (Phi) is 4.65. The molecule has 6 heteroatoms. The topological polar surface area (TPSA) is 60.9 Å². The van der Waals surface area contributed by atoms with E-state index in [2.05, 4.69) is 17.1 Å². The Balaban J connectivity index is 1.33. The minimum atomic E-state index is -0.534. The van der Waals surface area contributed by atoms with Crippen LogP contribution in [0.2, 0.25) is 0 Å². The van der Waals surface area contributed by atoms with E-state index in [4.69, 9.17) is 14.2 Å². The molecule has 0 bridgehead atoms. The molecule has 0 spiro atoms. The normalized spacial score (nSPS) is 17.8. The monoisotopic (exact) mass is 354 g/mol. The summed E-state index contributed by atoms with van der Waals surface area (Å²) in [5.41, 5.74) is 1.30. The summed E-state index contributed by atoms with van der Waals surface area (Å²) in [6.45, 7) is 3.52. The predicted octanol–water partition coefficient (Wildman–Crippen LogP) is 2.98. The van der Waals surface area contributed by atoms with Crippen molar-refractivity contribution in [2.75, 3.05) is 19.9 Å². The Morgan fingerprint density at radius 1 is 1.15 bits per heavy atom. The summed E-state index contributed by atoms with van der Waals surface area (Å²) in [4.78, 5) is 18.7. The summed E-state index contributed by atoms with van der Waals surface area (Å²) in [5, 5.41) is 0. The maximum Gasteiger partial charge on any atom is 0.263 e. The molecule has 1 aromatic heterocycles. The average Bonchev–Trinajstić information content (AvgIpc) is 3.16. The molecule has 0 N–H and O–H groups in total. The number of piperidine rings is 1. The average molecular weight is 354 g/mol. The Labute approximate surface area is 152 Å². The first-order valence-electron chi connectivity index (χ1n) is 8.96. The van der Waals surface area contributed by atoms with Crippen LogP contribution in [0.1, 0.15) is 31.2 Å². The van der Waals surface area contributed by atoms with Crippen molar-refractivity contribution >= 4 is 5.91 Å². The number of rotatable bonds is 4. The molecular weight excluding hydrogens is 332 g/mol. The highest BCUT2D eigenvalue weighted by Crippen LogP contribution is 2.35. The van der Waals surface area contributed by atoms with E-state index in [9.17, 15) is 4.79 Å². The molecule has 6 nitrogen and oxygen atoms in total. The van der Waals surface area contributed by atoms with Gasteiger partial charge in [0.05, 0.1) is 0 Å². The van der Waals surface area contributed by atoms with Crippen molar-refractivity contribution in [3.63, 3.8) is 0 Å². The third kappa shape index (κ3) is 3.45. The van der Waals surface area contributed by atoms with E-state index in [1.165, 1.54) is 5.56 Å². The van der Waals surface area contributed by atoms with Crippen molar-refractivity contribution < 1.29 is 19.0 Å². The van der Waals surface area contributed by atoms with Crippen LogP contribution in [0.25, 0.3) is 0 Å². The molecule has 0 saturated carbocycles. The van der Waals surface area contributed by atoms with Crippen LogP contribution < -0.4 is 14.2 Å². The number of fused-ring (bicyclic) bond motifs is 1. The van der Waals surface area contributed by atoms with Crippen LogP contribution in [0.15, 0.2) is 42.7 Å². The second kappa shape index (κ2) is 7.23. The van der Waals surface area contributed by atoms with Crippen LogP contribution >= 0.6 is 0 Å². The predicted molar refractivity (Wildman–Crippen MR) is 95.4 cm³/mol. The third-order valence-electron chi connectivity index (χ3n) is 4.99. The standard InChI is InChI=1S/C20H22N2O4/c1-14(26-17-2-3-18-19(12-17)25-13-24-18)20(23)22-10-6-16(7-11-22)15-4-8-21-9-5-15/h2-5,8-9,12,14,16H,6-7,10-11,13H2,1H3. The quantitative estimate of drug-likeness (QED) is 0.845. The number of carbonyl (C=O) groups is 1. The largest absolute Gasteiger partial charge is 0.481 e. The molecule has 3 heterocycles. The molecule has 26 heavy (non-hydrogen) atoms. The molecule has 1 atom stereocenters. The van der Waals surface area contributed by atoms with E-state index in [0.29, 0.717) is 23.2 Å². The van der Waals surface area contributed by atoms with Gasteiger partial charge in [0.25, 0.3) is 5.91 Å². The number of aromatic nitrogens is 1. The molecule has 2 aliphatic rings. The summed E-state index contributed by atoms with van der Waals surface area (Å²) < 4.78 is 16.5. The summed E-state index contributed by atoms with van der Waals surface area (Å²) in [6.07, 6.45) is 5.05. The van der Waals surface area contributed by atoms with Crippen LogP contribution in [0.3, 0.4) is 0 Å². The van der Waals surface area contributed by atoms with Crippen molar-refractivity contribution in [3.8, 4) is 17.2 Å². The summed E-state index contributed by atoms with van der Waals surface area (Å²) in [5.74, 6) is 2.49. The second-order valence-corrected chi connectivity index (χ2v) is 6.66. The molecule has 0 aliphatic carbocycles. The molecule has 1 saturated heterocycles. The Hall–Kier alpha value is -2.76. The molecule has 4 rings (SSSR count). The van der Waals surface area contributed by atoms with Crippen LogP contribution in [-0.4, -0.2) is 41.8 Å². The zero-order chi connectivity index (χ0) is 17.9. The van der Waals surface area contributed by atoms with Crippen LogP contribution in [0.5, 0.6) is 17.2 Å². The zero-order valence-electron chi connectivity index (χ0n) is 14.8. The van der Waals surface area contributed by atoms with Crippen molar-refractivity contribution in [2.45, 2.75) is 31.8 Å². The fourth-order valence-corrected chi connectivity index (χ4v) is 3.53. The molecule has 2 aliphatic heterocycles. The van der Waals surface area contributed by atoms with E-state index < -0.39 is 6.10 Å². The lowest BCUT2D eigenvalue weighted by molar-refractivity contribution is -0.139. The van der Waals surface area contributed by atoms with E-state index in [-0.39, 0.29) is 12.7 Å². The van der Waals surface area contributed by atoms with Gasteiger partial charge in [-0.2, -0.15) is 0 Å². The lowest BCUT2D eigenvalue weighted by atomic mass is 9.90. The molecule has 0 radical (unpaired) electrons. The fraction of sp³-hybridized carbons (Fsp3) is 0.400. The van der Waals surface area contributed by atoms with E-state index in [1.54, 1.807) is 25.1 Å². The second-order valence-electron chi connectivity index (χ2n) is 6.66. The maximum absolute atomic E-state index is 12.7. The number of carbonyl (C=O) groups excluding carboxylic acids is 1. The van der Waals surface area contributed by atoms with Gasteiger partial charge in [-0.15, -0.1) is 0 Å². The number of pyridine rings is 1. The molecule has 1 aromatic carbocycles. The first kappa shape index (κ1) is 16.7. The van der Waals surface area contributed by atoms with Crippen LogP contribution in [-0.2, 0) is 4.79 Å². The SMILES string of the molecule is CC(Oc1ccc2c(c1)OCO2)C(=O)N1CCC(c2ccncc2)CC1. The Morgan fingerprint density at radius 2 is 1.88 bits per heavy atom. The van der Waals surface area contributed by atoms with Gasteiger partial charge in [-0.3, -0.25) is 9.78 Å². The molecule has 1 fully saturated rings. The highest BCUT2D eigenvalue weighted by molar-refractivity contribution is 5.81. The van der Waals surface area contributed by atoms with Crippen molar-refractivity contribution in [1.29, 1.82) is 0 Å². The summed E-state index contributed by atoms with van der Waals surface area (Å²) in [7, 11) is 0. The number of likely N-dealkylation sites (tertiary alicyclic amines) is 1. The minimum Gasteiger partial charge on any atom is -0.481 e. The van der Waals surface area contributed by atoms with Crippen molar-refractivity contribution in [3.05, 3.63) is 48.3 Å². The Bertz CT molecular complexity index is 773. The van der Waals surface area contributed by atoms with Crippen molar-refractivity contribution in [2.24, 2.45) is 0 Å². The molecule has 1 amide bonds. The Morgan fingerprint density at radius 3 is 2.65 bits per heavy atom. The molecule has 1 unspecified atom stereocenters. The van der Waals surface area contributed by atoms with Gasteiger partial charge in [0.1, 0.15) is 5.75 Å². The van der Waals surface area contributed by atoms with Gasteiger partial charge in [-0.1, -0.05) is 0 Å². The summed E-state index contributed by atoms with van der Waals surface area (Å²) >= 11 is 0. The number of hydrogen-bond acceptors (Lipinski definition) is 5. The minimum absolute atomic E-state index is 0.0239. The summed E-state index contributed by atoms with van der Waals surface area (Å²) in [6, 6.07) is 9.49. The highest BCUT2D eigenvalue weighted by atomic mass is 16.7. The van der Waals surface area contributed by atoms with E-state index in [0.717, 1.165) is 25.9 Å². The van der Waals surface area contributed by atoms with Gasteiger partial charge in [0.2, 0.25) is 6.79 Å². The zero-order valence-corrected chi connectivity index (χ0v) is 14.8. The van der Waals surface area contributed by atoms with Crippen LogP contribution in [0, 0.1) is 0 Å². The fourth-order valence-electron chi connectivity index (χ4n) is 3.53. The van der Waals surface area contributed by atoms with Gasteiger partial charge in [-0.25, -0.2) is 0 Å². The number of benzene rings is 1. The maximum atomic E-state index is 12.7. The van der Waals surface area contributed by atoms with E-state index in [1.807, 2.05) is 17.3 Å². The number of hydrogen-bond donors (Lipinski definition) is 0. The lowest BCUT2D eigenvalue weighted by Gasteiger charge is -2.33. The molecule has 2 aromatic rings. The van der Waals surface area contributed by atoms with Gasteiger partial charge in [0, 0.05) is 31.5 Å².